The molecule has 3 fully saturated rings. The third-order valence-electron chi connectivity index (χ3n) is 17.8. The largest absolute Gasteiger partial charge is 0.454 e. The fourth-order valence-electron chi connectivity index (χ4n) is 12.7. The molecule has 3 aliphatic heterocycles. The molecular weight excluding hydrogens is 1280 g/mol. The molecule has 3 saturated heterocycles. The van der Waals surface area contributed by atoms with Crippen LogP contribution in [0.2, 0.25) is 0 Å². The Kier molecular flexibility index (Phi) is 27.9. The van der Waals surface area contributed by atoms with Crippen molar-refractivity contribution in [2.45, 2.75) is 159 Å². The highest BCUT2D eigenvalue weighted by Gasteiger charge is 2.58. The molecule has 9 aromatic rings. The van der Waals surface area contributed by atoms with Crippen molar-refractivity contribution in [3.63, 3.8) is 0 Å². The van der Waals surface area contributed by atoms with Crippen LogP contribution in [0.5, 0.6) is 0 Å². The number of ether oxygens (including phenoxy) is 16. The standard InChI is InChI=1S/C84H90O17/c1-60(85)96-80-77(94-55-68-44-26-10-27-45-68)74(91-52-65-38-20-7-21-39-65)71(58-88-49-62-32-14-4-15-33-62)98-83(80)101-81-78(95-56-69-46-28-11-29-47-69)75(92-53-66-40-22-8-23-41-66)72(59-89-50-63-34-16-5-17-35-63)99-84(81)100-79-76(93-54-67-42-24-9-25-43-67)73(90-51-64-36-18-6-19-37-64)70(97-82(79)86-2)57-87-48-61-30-12-3-13-31-61/h3-47,70-84H,48-59H2,1-2H3/t70-,71-,72-,73-,74-,75-,76+,77+,78+,79+,80+,81+,82+,83-,84-/m1/s1. The van der Waals surface area contributed by atoms with Gasteiger partial charge in [0, 0.05) is 14.0 Å². The summed E-state index contributed by atoms with van der Waals surface area (Å²) in [5, 5.41) is 0. The van der Waals surface area contributed by atoms with Crippen LogP contribution in [0.3, 0.4) is 0 Å². The molecule has 15 atom stereocenters. The van der Waals surface area contributed by atoms with Gasteiger partial charge in [-0.25, -0.2) is 0 Å². The van der Waals surface area contributed by atoms with E-state index >= 15 is 0 Å². The van der Waals surface area contributed by atoms with Crippen molar-refractivity contribution in [2.75, 3.05) is 26.9 Å². The molecule has 0 unspecified atom stereocenters. The minimum absolute atomic E-state index is 0.00869. The van der Waals surface area contributed by atoms with Gasteiger partial charge in [0.15, 0.2) is 25.0 Å². The van der Waals surface area contributed by atoms with Crippen molar-refractivity contribution in [3.05, 3.63) is 323 Å². The monoisotopic (exact) mass is 1370 g/mol. The molecule has 0 amide bonds. The molecule has 0 aliphatic carbocycles. The molecule has 17 heteroatoms. The molecule has 528 valence electrons. The number of rotatable bonds is 36. The minimum atomic E-state index is -1.48. The summed E-state index contributed by atoms with van der Waals surface area (Å²) in [6.07, 6.45) is -16.5. The van der Waals surface area contributed by atoms with Gasteiger partial charge in [0.05, 0.1) is 79.3 Å². The van der Waals surface area contributed by atoms with E-state index in [0.29, 0.717) is 6.61 Å². The van der Waals surface area contributed by atoms with Crippen LogP contribution in [0, 0.1) is 0 Å². The highest BCUT2D eigenvalue weighted by atomic mass is 16.8. The highest BCUT2D eigenvalue weighted by Crippen LogP contribution is 2.40. The molecular formula is C84H90O17. The summed E-state index contributed by atoms with van der Waals surface area (Å²) in [7, 11) is 1.56. The second-order valence-corrected chi connectivity index (χ2v) is 25.2. The first-order valence-corrected chi connectivity index (χ1v) is 34.6. The number of methoxy groups -OCH3 is 1. The SMILES string of the molecule is CO[C@H]1O[C@H](COCc2ccccc2)[C@@H](OCc2ccccc2)[C@H](OCc2ccccc2)[C@@H]1O[C@H]1O[C@H](COCc2ccccc2)[C@@H](OCc2ccccc2)[C@H](OCc2ccccc2)[C@@H]1O[C@H]1O[C@H](COCc2ccccc2)[C@@H](OCc2ccccc2)[C@H](OCc2ccccc2)[C@@H]1OC(C)=O. The van der Waals surface area contributed by atoms with E-state index in [2.05, 4.69) is 0 Å². The molecule has 9 aromatic carbocycles. The van der Waals surface area contributed by atoms with Crippen LogP contribution in [0.4, 0.5) is 0 Å². The van der Waals surface area contributed by atoms with E-state index in [0.717, 1.165) is 50.1 Å². The van der Waals surface area contributed by atoms with Crippen molar-refractivity contribution >= 4 is 5.97 Å². The third kappa shape index (κ3) is 21.5. The van der Waals surface area contributed by atoms with Crippen LogP contribution < -0.4 is 0 Å². The van der Waals surface area contributed by atoms with Crippen LogP contribution in [0.1, 0.15) is 57.0 Å². The summed E-state index contributed by atoms with van der Waals surface area (Å²) < 4.78 is 113. The number of carbonyl (C=O) groups excluding carboxylic acids is 1. The molecule has 0 N–H and O–H groups in total. The molecule has 0 radical (unpaired) electrons. The van der Waals surface area contributed by atoms with E-state index in [1.54, 1.807) is 7.11 Å². The van der Waals surface area contributed by atoms with E-state index in [4.69, 9.17) is 75.8 Å². The van der Waals surface area contributed by atoms with Gasteiger partial charge in [0.2, 0.25) is 0 Å². The maximum Gasteiger partial charge on any atom is 0.303 e. The number of esters is 1. The van der Waals surface area contributed by atoms with Crippen molar-refractivity contribution in [1.29, 1.82) is 0 Å². The number of benzene rings is 9. The van der Waals surface area contributed by atoms with Gasteiger partial charge in [-0.1, -0.05) is 273 Å². The van der Waals surface area contributed by atoms with Crippen molar-refractivity contribution in [1.82, 2.24) is 0 Å². The fourth-order valence-corrected chi connectivity index (χ4v) is 12.7. The lowest BCUT2D eigenvalue weighted by molar-refractivity contribution is -0.403. The van der Waals surface area contributed by atoms with Crippen molar-refractivity contribution < 1.29 is 80.6 Å². The summed E-state index contributed by atoms with van der Waals surface area (Å²) in [5.41, 5.74) is 8.20. The van der Waals surface area contributed by atoms with Gasteiger partial charge in [0.1, 0.15) is 67.1 Å². The molecule has 3 heterocycles. The molecule has 0 saturated carbocycles. The van der Waals surface area contributed by atoms with Crippen molar-refractivity contribution in [2.24, 2.45) is 0 Å². The first kappa shape index (κ1) is 72.6. The topological polar surface area (TPSA) is 165 Å². The Morgan fingerprint density at radius 1 is 0.267 bits per heavy atom. The Morgan fingerprint density at radius 3 is 0.723 bits per heavy atom. The van der Waals surface area contributed by atoms with Crippen LogP contribution in [0.15, 0.2) is 273 Å². The zero-order valence-electron chi connectivity index (χ0n) is 57.1. The van der Waals surface area contributed by atoms with E-state index in [9.17, 15) is 4.79 Å². The van der Waals surface area contributed by atoms with E-state index in [-0.39, 0.29) is 72.7 Å². The third-order valence-corrected chi connectivity index (χ3v) is 17.8. The Hall–Kier alpha value is -8.15. The second-order valence-electron chi connectivity index (χ2n) is 25.2. The molecule has 0 aromatic heterocycles. The minimum Gasteiger partial charge on any atom is -0.454 e. The summed E-state index contributed by atoms with van der Waals surface area (Å²) in [6, 6.07) is 88.8. The van der Waals surface area contributed by atoms with Gasteiger partial charge < -0.3 is 75.8 Å². The summed E-state index contributed by atoms with van der Waals surface area (Å²) in [5.74, 6) is -0.630. The van der Waals surface area contributed by atoms with E-state index in [1.807, 2.05) is 273 Å². The first-order chi connectivity index (χ1) is 49.9. The average molecular weight is 1370 g/mol. The van der Waals surface area contributed by atoms with Gasteiger partial charge in [-0.3, -0.25) is 4.79 Å². The first-order valence-electron chi connectivity index (χ1n) is 34.6. The second kappa shape index (κ2) is 38.8. The molecule has 17 nitrogen and oxygen atoms in total. The van der Waals surface area contributed by atoms with Gasteiger partial charge in [-0.15, -0.1) is 0 Å². The zero-order valence-corrected chi connectivity index (χ0v) is 57.1. The number of carbonyl (C=O) groups is 1. The Morgan fingerprint density at radius 2 is 0.475 bits per heavy atom. The zero-order chi connectivity index (χ0) is 69.1. The fraction of sp³-hybridized carbons (Fsp3) is 0.345. The Labute approximate surface area is 592 Å². The number of hydrogen-bond acceptors (Lipinski definition) is 17. The lowest BCUT2D eigenvalue weighted by Crippen LogP contribution is -2.68. The normalized spacial score (nSPS) is 25.1. The summed E-state index contributed by atoms with van der Waals surface area (Å²) >= 11 is 0. The highest BCUT2D eigenvalue weighted by molar-refractivity contribution is 5.66. The van der Waals surface area contributed by atoms with Crippen LogP contribution in [-0.4, -0.2) is 125 Å². The molecule has 101 heavy (non-hydrogen) atoms. The average Bonchev–Trinajstić information content (AvgIpc) is 0.763. The molecule has 12 rings (SSSR count). The molecule has 3 aliphatic rings. The Bertz CT molecular complexity index is 3750. The van der Waals surface area contributed by atoms with Gasteiger partial charge in [-0.2, -0.15) is 0 Å². The van der Waals surface area contributed by atoms with Crippen molar-refractivity contribution in [3.8, 4) is 0 Å². The maximum atomic E-state index is 14.0. The van der Waals surface area contributed by atoms with Gasteiger partial charge in [0.25, 0.3) is 0 Å². The number of hydrogen-bond donors (Lipinski definition) is 0. The Balaban J connectivity index is 0.984. The van der Waals surface area contributed by atoms with Gasteiger partial charge >= 0.3 is 5.97 Å². The van der Waals surface area contributed by atoms with E-state index < -0.39 is 98.1 Å². The smallest absolute Gasteiger partial charge is 0.303 e. The maximum absolute atomic E-state index is 14.0. The summed E-state index contributed by atoms with van der Waals surface area (Å²) in [6.45, 7) is 2.95. The van der Waals surface area contributed by atoms with Crippen LogP contribution in [-0.2, 0) is 140 Å². The van der Waals surface area contributed by atoms with Crippen LogP contribution in [0.25, 0.3) is 0 Å². The molecule has 0 bridgehead atoms. The predicted octanol–water partition coefficient (Wildman–Crippen LogP) is 13.7. The lowest BCUT2D eigenvalue weighted by Gasteiger charge is -2.51. The lowest BCUT2D eigenvalue weighted by atomic mass is 9.95. The summed E-state index contributed by atoms with van der Waals surface area (Å²) in [4.78, 5) is 14.0. The van der Waals surface area contributed by atoms with E-state index in [1.165, 1.54) is 6.92 Å². The molecule has 0 spiro atoms. The quantitative estimate of drug-likeness (QED) is 0.0340. The van der Waals surface area contributed by atoms with Gasteiger partial charge in [-0.05, 0) is 50.1 Å². The predicted molar refractivity (Wildman–Crippen MR) is 377 cm³/mol. The van der Waals surface area contributed by atoms with Crippen LogP contribution >= 0.6 is 0 Å².